The summed E-state index contributed by atoms with van der Waals surface area (Å²) in [5.41, 5.74) is 7.67. The van der Waals surface area contributed by atoms with Crippen LogP contribution in [0.1, 0.15) is 19.5 Å². The maximum atomic E-state index is 8.81. The number of pyridine rings is 1. The average Bonchev–Trinajstić information content (AvgIpc) is 3.51. The lowest BCUT2D eigenvalue weighted by molar-refractivity contribution is 0.909. The Morgan fingerprint density at radius 2 is 1.14 bits per heavy atom. The van der Waals surface area contributed by atoms with Gasteiger partial charge in [-0.3, -0.25) is 9.55 Å². The van der Waals surface area contributed by atoms with E-state index >= 15 is 0 Å². The lowest BCUT2D eigenvalue weighted by Gasteiger charge is -2.21. The van der Waals surface area contributed by atoms with Crippen LogP contribution in [-0.2, 0) is 6.37 Å². The second kappa shape index (κ2) is 10.4. The molecule has 0 aliphatic heterocycles. The molecule has 2 aromatic heterocycles. The van der Waals surface area contributed by atoms with E-state index in [0.29, 0.717) is 16.7 Å². The van der Waals surface area contributed by atoms with E-state index in [1.165, 1.54) is 0 Å². The third kappa shape index (κ3) is 4.04. The van der Waals surface area contributed by atoms with Gasteiger partial charge >= 0.3 is 0 Å². The predicted octanol–water partition coefficient (Wildman–Crippen LogP) is 10.3. The van der Waals surface area contributed by atoms with Crippen LogP contribution in [-0.4, -0.2) is 14.5 Å². The molecule has 6 aromatic carbocycles. The minimum atomic E-state index is -2.94. The largest absolute Gasteiger partial charge is 0.296 e. The molecule has 0 unspecified atom stereocenters. The maximum absolute atomic E-state index is 8.81. The summed E-state index contributed by atoms with van der Waals surface area (Å²) in [7, 11) is 0. The SMILES string of the molecule is [2H]C([2H])([2H])C([2H])([2H])c1nc2ccccc2n1-c1ccccc1-c1c2ccccc2c(-c2ccccc2-c2ccccn2)c2ccccc12. The molecule has 0 aliphatic rings. The van der Waals surface area contributed by atoms with E-state index in [-0.39, 0.29) is 5.82 Å². The van der Waals surface area contributed by atoms with Gasteiger partial charge in [0, 0.05) is 30.6 Å². The highest BCUT2D eigenvalue weighted by Gasteiger charge is 2.22. The number of para-hydroxylation sites is 3. The minimum Gasteiger partial charge on any atom is -0.296 e. The molecule has 8 aromatic rings. The van der Waals surface area contributed by atoms with Crippen LogP contribution >= 0.6 is 0 Å². The summed E-state index contributed by atoms with van der Waals surface area (Å²) in [6, 6.07) is 46.1. The van der Waals surface area contributed by atoms with Crippen LogP contribution in [0.4, 0.5) is 0 Å². The molecular weight excluding hydrogens is 522 g/mol. The number of nitrogens with zero attached hydrogens (tertiary/aromatic N) is 3. The second-order valence-corrected chi connectivity index (χ2v) is 10.5. The van der Waals surface area contributed by atoms with E-state index in [1.54, 1.807) is 10.6 Å². The van der Waals surface area contributed by atoms with Gasteiger partial charge in [0.05, 0.1) is 22.4 Å². The van der Waals surface area contributed by atoms with Crippen molar-refractivity contribution in [2.24, 2.45) is 0 Å². The van der Waals surface area contributed by atoms with Gasteiger partial charge in [-0.25, -0.2) is 4.98 Å². The first kappa shape index (κ1) is 20.4. The Labute approximate surface area is 257 Å². The van der Waals surface area contributed by atoms with E-state index < -0.39 is 13.2 Å². The van der Waals surface area contributed by atoms with Gasteiger partial charge in [-0.15, -0.1) is 0 Å². The van der Waals surface area contributed by atoms with Crippen molar-refractivity contribution >= 4 is 32.6 Å². The maximum Gasteiger partial charge on any atom is 0.114 e. The quantitative estimate of drug-likeness (QED) is 0.197. The molecule has 0 spiro atoms. The summed E-state index contributed by atoms with van der Waals surface area (Å²) < 4.78 is 43.7. The molecule has 0 fully saturated rings. The zero-order chi connectivity index (χ0) is 33.0. The lowest BCUT2D eigenvalue weighted by Crippen LogP contribution is -2.03. The topological polar surface area (TPSA) is 30.7 Å². The van der Waals surface area contributed by atoms with Crippen molar-refractivity contribution in [3.8, 4) is 39.2 Å². The van der Waals surface area contributed by atoms with Crippen LogP contribution in [0.3, 0.4) is 0 Å². The molecule has 0 saturated heterocycles. The van der Waals surface area contributed by atoms with E-state index in [4.69, 9.17) is 11.8 Å². The molecule has 8 rings (SSSR count). The zero-order valence-electron chi connectivity index (χ0n) is 28.2. The highest BCUT2D eigenvalue weighted by atomic mass is 15.1. The Balaban J connectivity index is 1.49. The van der Waals surface area contributed by atoms with Crippen molar-refractivity contribution in [3.63, 3.8) is 0 Å². The summed E-state index contributed by atoms with van der Waals surface area (Å²) >= 11 is 0. The van der Waals surface area contributed by atoms with Gasteiger partial charge in [-0.05, 0) is 68.6 Å². The number of hydrogen-bond donors (Lipinski definition) is 0. The normalized spacial score (nSPS) is 13.8. The summed E-state index contributed by atoms with van der Waals surface area (Å²) in [6.07, 6.45) is -0.909. The van der Waals surface area contributed by atoms with Gasteiger partial charge in [0.2, 0.25) is 0 Å². The first-order valence-corrected chi connectivity index (χ1v) is 14.3. The molecule has 0 bridgehead atoms. The van der Waals surface area contributed by atoms with E-state index in [0.717, 1.165) is 55.1 Å². The van der Waals surface area contributed by atoms with Gasteiger partial charge in [0.25, 0.3) is 0 Å². The summed E-state index contributed by atoms with van der Waals surface area (Å²) in [6.45, 7) is -2.94. The van der Waals surface area contributed by atoms with Crippen molar-refractivity contribution in [3.05, 3.63) is 152 Å². The third-order valence-corrected chi connectivity index (χ3v) is 8.16. The number of fused-ring (bicyclic) bond motifs is 3. The number of imidazole rings is 1. The van der Waals surface area contributed by atoms with Gasteiger partial charge in [-0.2, -0.15) is 0 Å². The second-order valence-electron chi connectivity index (χ2n) is 10.5. The number of benzene rings is 6. The number of aromatic nitrogens is 3. The first-order valence-electron chi connectivity index (χ1n) is 16.8. The molecule has 0 saturated carbocycles. The Kier molecular flexibility index (Phi) is 4.91. The standard InChI is InChI=1S/C40H29N3/c1-2-38-42-35-23-10-12-25-37(35)43(38)36-24-11-9-21-33(36)40-31-19-7-5-17-29(31)39(30-18-6-8-20-32(30)40)28-16-4-3-15-27(28)34-22-13-14-26-41-34/h3-26H,2H2,1H3/i1D3,2D2. The van der Waals surface area contributed by atoms with Crippen molar-refractivity contribution in [2.75, 3.05) is 0 Å². The number of rotatable bonds is 5. The van der Waals surface area contributed by atoms with Crippen LogP contribution in [0.15, 0.2) is 146 Å². The predicted molar refractivity (Wildman–Crippen MR) is 180 cm³/mol. The van der Waals surface area contributed by atoms with E-state index in [1.807, 2.05) is 97.2 Å². The Hall–Kier alpha value is -5.54. The summed E-state index contributed by atoms with van der Waals surface area (Å²) in [4.78, 5) is 9.29. The summed E-state index contributed by atoms with van der Waals surface area (Å²) in [5, 5.41) is 4.13. The number of hydrogen-bond acceptors (Lipinski definition) is 2. The molecule has 0 amide bonds. The highest BCUT2D eigenvalue weighted by molar-refractivity contribution is 6.23. The third-order valence-electron chi connectivity index (χ3n) is 8.16. The molecule has 204 valence electrons. The van der Waals surface area contributed by atoms with Crippen molar-refractivity contribution in [1.82, 2.24) is 14.5 Å². The molecule has 0 aliphatic carbocycles. The van der Waals surface area contributed by atoms with Crippen molar-refractivity contribution in [2.45, 2.75) is 13.2 Å². The Bertz CT molecular complexity index is 2430. The monoisotopic (exact) mass is 556 g/mol. The van der Waals surface area contributed by atoms with Gasteiger partial charge in [0.15, 0.2) is 0 Å². The van der Waals surface area contributed by atoms with Crippen molar-refractivity contribution < 1.29 is 6.85 Å². The van der Waals surface area contributed by atoms with Crippen LogP contribution in [0, 0.1) is 0 Å². The van der Waals surface area contributed by atoms with Crippen molar-refractivity contribution in [1.29, 1.82) is 0 Å². The van der Waals surface area contributed by atoms with Crippen LogP contribution in [0.25, 0.3) is 71.8 Å². The molecule has 3 nitrogen and oxygen atoms in total. The molecule has 0 N–H and O–H groups in total. The van der Waals surface area contributed by atoms with Crippen LogP contribution in [0.5, 0.6) is 0 Å². The fourth-order valence-electron chi connectivity index (χ4n) is 6.39. The highest BCUT2D eigenvalue weighted by Crippen LogP contribution is 2.47. The molecule has 0 atom stereocenters. The van der Waals surface area contributed by atoms with Gasteiger partial charge < -0.3 is 0 Å². The molecular formula is C40H29N3. The van der Waals surface area contributed by atoms with Gasteiger partial charge in [-0.1, -0.05) is 116 Å². The van der Waals surface area contributed by atoms with Crippen LogP contribution in [0.2, 0.25) is 0 Å². The molecule has 0 radical (unpaired) electrons. The van der Waals surface area contributed by atoms with E-state index in [2.05, 4.69) is 47.4 Å². The zero-order valence-corrected chi connectivity index (χ0v) is 23.2. The van der Waals surface area contributed by atoms with Crippen LogP contribution < -0.4 is 0 Å². The van der Waals surface area contributed by atoms with E-state index in [9.17, 15) is 0 Å². The Morgan fingerprint density at radius 3 is 1.81 bits per heavy atom. The molecule has 43 heavy (non-hydrogen) atoms. The summed E-state index contributed by atoms with van der Waals surface area (Å²) in [5.74, 6) is -0.161. The van der Waals surface area contributed by atoms with Gasteiger partial charge in [0.1, 0.15) is 5.82 Å². The minimum absolute atomic E-state index is 0.161. The Morgan fingerprint density at radius 1 is 0.581 bits per heavy atom. The fraction of sp³-hybridized carbons (Fsp3) is 0.0500. The lowest BCUT2D eigenvalue weighted by atomic mass is 9.84. The molecule has 3 heteroatoms. The number of aryl methyl sites for hydroxylation is 1. The fourth-order valence-corrected chi connectivity index (χ4v) is 6.39. The first-order chi connectivity index (χ1) is 23.3. The molecule has 2 heterocycles. The smallest absolute Gasteiger partial charge is 0.114 e. The average molecular weight is 557 g/mol.